The Morgan fingerprint density at radius 2 is 1.71 bits per heavy atom. The number of aromatic nitrogens is 3. The Morgan fingerprint density at radius 3 is 2.32 bits per heavy atom. The van der Waals surface area contributed by atoms with E-state index in [1.165, 1.54) is 51.4 Å². The van der Waals surface area contributed by atoms with Gasteiger partial charge in [-0.3, -0.25) is 4.79 Å². The van der Waals surface area contributed by atoms with Gasteiger partial charge < -0.3 is 4.57 Å². The zero-order valence-electron chi connectivity index (χ0n) is 16.9. The fourth-order valence-corrected chi connectivity index (χ4v) is 8.09. The number of ketones is 1. The van der Waals surface area contributed by atoms with Crippen LogP contribution in [0.5, 0.6) is 0 Å². The first-order valence-corrected chi connectivity index (χ1v) is 12.4. The van der Waals surface area contributed by atoms with Crippen molar-refractivity contribution in [1.29, 1.82) is 0 Å². The van der Waals surface area contributed by atoms with Crippen LogP contribution in [-0.4, -0.2) is 26.3 Å². The lowest BCUT2D eigenvalue weighted by Crippen LogP contribution is -2.50. The predicted molar refractivity (Wildman–Crippen MR) is 112 cm³/mol. The molecular formula is C23H33N3OS. The van der Waals surface area contributed by atoms with E-state index in [-0.39, 0.29) is 5.41 Å². The molecule has 1 aromatic heterocycles. The quantitative estimate of drug-likeness (QED) is 0.456. The minimum Gasteiger partial charge on any atom is -0.302 e. The first kappa shape index (κ1) is 18.9. The summed E-state index contributed by atoms with van der Waals surface area (Å²) in [5, 5.41) is 9.98. The largest absolute Gasteiger partial charge is 0.302 e. The highest BCUT2D eigenvalue weighted by molar-refractivity contribution is 7.99. The fraction of sp³-hybridized carbons (Fsp3) is 0.783. The zero-order valence-corrected chi connectivity index (χ0v) is 17.8. The number of carbonyl (C=O) groups is 1. The average molecular weight is 400 g/mol. The van der Waals surface area contributed by atoms with Gasteiger partial charge >= 0.3 is 0 Å². The molecule has 0 aromatic carbocycles. The van der Waals surface area contributed by atoms with Crippen LogP contribution in [0.4, 0.5) is 0 Å². The summed E-state index contributed by atoms with van der Waals surface area (Å²) in [4.78, 5) is 13.3. The molecular weight excluding hydrogens is 366 g/mol. The summed E-state index contributed by atoms with van der Waals surface area (Å²) in [5.74, 6) is 5.15. The Labute approximate surface area is 172 Å². The van der Waals surface area contributed by atoms with Crippen molar-refractivity contribution in [2.75, 3.05) is 5.75 Å². The maximum Gasteiger partial charge on any atom is 0.191 e. The second-order valence-electron chi connectivity index (χ2n) is 9.98. The van der Waals surface area contributed by atoms with E-state index in [0.717, 1.165) is 54.5 Å². The van der Waals surface area contributed by atoms with Crippen molar-refractivity contribution < 1.29 is 4.79 Å². The van der Waals surface area contributed by atoms with E-state index in [0.29, 0.717) is 17.5 Å². The minimum absolute atomic E-state index is 0.00274. The number of Topliss-reactive ketones (excluding diaryl/α,β-unsaturated/α-hetero) is 1. The summed E-state index contributed by atoms with van der Waals surface area (Å²) in [6, 6.07) is 0. The second-order valence-corrected chi connectivity index (χ2v) is 10.9. The molecule has 4 nitrogen and oxygen atoms in total. The summed E-state index contributed by atoms with van der Waals surface area (Å²) in [7, 11) is 0. The lowest BCUT2D eigenvalue weighted by atomic mass is 9.48. The maximum atomic E-state index is 13.3. The second kappa shape index (κ2) is 7.62. The van der Waals surface area contributed by atoms with E-state index in [4.69, 9.17) is 0 Å². The van der Waals surface area contributed by atoms with E-state index < -0.39 is 0 Å². The Hall–Kier alpha value is -1.10. The standard InChI is InChI=1S/C23H33N3OS/c1-2-8-26-21(19-6-4-3-5-7-19)24-25-22(26)28-15-20(27)23-12-16-9-17(13-23)11-18(10-16)14-23/h2,16-19H,1,3-15H2. The first-order chi connectivity index (χ1) is 13.7. The van der Waals surface area contributed by atoms with Crippen LogP contribution in [0.25, 0.3) is 0 Å². The molecule has 0 aliphatic heterocycles. The van der Waals surface area contributed by atoms with E-state index in [9.17, 15) is 4.79 Å². The molecule has 5 fully saturated rings. The Kier molecular flexibility index (Phi) is 5.14. The van der Waals surface area contributed by atoms with Crippen LogP contribution >= 0.6 is 11.8 Å². The highest BCUT2D eigenvalue weighted by Gasteiger charge is 2.54. The van der Waals surface area contributed by atoms with Crippen molar-refractivity contribution in [3.05, 3.63) is 18.5 Å². The van der Waals surface area contributed by atoms with E-state index >= 15 is 0 Å². The molecule has 152 valence electrons. The molecule has 4 bridgehead atoms. The Morgan fingerprint density at radius 1 is 1.07 bits per heavy atom. The fourth-order valence-electron chi connectivity index (χ4n) is 7.11. The normalized spacial score (nSPS) is 34.6. The predicted octanol–water partition coefficient (Wildman–Crippen LogP) is 5.39. The van der Waals surface area contributed by atoms with E-state index in [2.05, 4.69) is 21.3 Å². The highest BCUT2D eigenvalue weighted by Crippen LogP contribution is 2.60. The molecule has 0 amide bonds. The first-order valence-electron chi connectivity index (χ1n) is 11.4. The number of thioether (sulfide) groups is 1. The molecule has 28 heavy (non-hydrogen) atoms. The van der Waals surface area contributed by atoms with Crippen LogP contribution in [0, 0.1) is 23.2 Å². The van der Waals surface area contributed by atoms with E-state index in [1.54, 1.807) is 11.8 Å². The van der Waals surface area contributed by atoms with Crippen molar-refractivity contribution in [2.45, 2.75) is 88.2 Å². The topological polar surface area (TPSA) is 47.8 Å². The minimum atomic E-state index is -0.00274. The van der Waals surface area contributed by atoms with Crippen LogP contribution in [0.3, 0.4) is 0 Å². The van der Waals surface area contributed by atoms with E-state index in [1.807, 2.05) is 6.08 Å². The Balaban J connectivity index is 1.29. The molecule has 0 radical (unpaired) electrons. The third kappa shape index (κ3) is 3.38. The molecule has 6 rings (SSSR count). The lowest BCUT2D eigenvalue weighted by molar-refractivity contribution is -0.141. The van der Waals surface area contributed by atoms with Crippen LogP contribution in [0.1, 0.15) is 82.4 Å². The number of allylic oxidation sites excluding steroid dienone is 1. The summed E-state index contributed by atoms with van der Waals surface area (Å²) < 4.78 is 2.22. The number of hydrogen-bond acceptors (Lipinski definition) is 4. The number of rotatable bonds is 7. The van der Waals surface area contributed by atoms with Crippen molar-refractivity contribution >= 4 is 17.5 Å². The van der Waals surface area contributed by atoms with Gasteiger partial charge in [0.1, 0.15) is 11.6 Å². The van der Waals surface area contributed by atoms with Crippen LogP contribution < -0.4 is 0 Å². The molecule has 0 spiro atoms. The van der Waals surface area contributed by atoms with Gasteiger partial charge in [-0.1, -0.05) is 37.1 Å². The molecule has 1 aromatic rings. The van der Waals surface area contributed by atoms with Crippen LogP contribution in [0.2, 0.25) is 0 Å². The van der Waals surface area contributed by atoms with Crippen molar-refractivity contribution in [2.24, 2.45) is 23.2 Å². The van der Waals surface area contributed by atoms with Crippen LogP contribution in [-0.2, 0) is 11.3 Å². The summed E-state index contributed by atoms with van der Waals surface area (Å²) in [6.45, 7) is 4.68. The number of hydrogen-bond donors (Lipinski definition) is 0. The molecule has 5 aliphatic carbocycles. The number of carbonyl (C=O) groups excluding carboxylic acids is 1. The SMILES string of the molecule is C=CCn1c(SCC(=O)C23CC4CC(CC(C4)C2)C3)nnc1C1CCCCC1. The molecule has 5 aliphatic rings. The summed E-state index contributed by atoms with van der Waals surface area (Å²) in [6.07, 6.45) is 15.9. The van der Waals surface area contributed by atoms with Crippen molar-refractivity contribution in [3.63, 3.8) is 0 Å². The van der Waals surface area contributed by atoms with Crippen molar-refractivity contribution in [1.82, 2.24) is 14.8 Å². The van der Waals surface area contributed by atoms with Gasteiger partial charge in [0.2, 0.25) is 0 Å². The monoisotopic (exact) mass is 399 g/mol. The van der Waals surface area contributed by atoms with Gasteiger partial charge in [-0.05, 0) is 69.1 Å². The lowest BCUT2D eigenvalue weighted by Gasteiger charge is -2.56. The van der Waals surface area contributed by atoms with Gasteiger partial charge in [0.15, 0.2) is 5.16 Å². The zero-order chi connectivity index (χ0) is 19.1. The summed E-state index contributed by atoms with van der Waals surface area (Å²) in [5.41, 5.74) is -0.00274. The maximum absolute atomic E-state index is 13.3. The molecule has 1 heterocycles. The van der Waals surface area contributed by atoms with Gasteiger partial charge in [0.05, 0.1) is 5.75 Å². The third-order valence-corrected chi connectivity index (χ3v) is 8.96. The van der Waals surface area contributed by atoms with Gasteiger partial charge in [-0.25, -0.2) is 0 Å². The van der Waals surface area contributed by atoms with Gasteiger partial charge in [-0.15, -0.1) is 16.8 Å². The molecule has 5 heteroatoms. The average Bonchev–Trinajstić information content (AvgIpc) is 3.08. The highest BCUT2D eigenvalue weighted by atomic mass is 32.2. The van der Waals surface area contributed by atoms with Gasteiger partial charge in [-0.2, -0.15) is 0 Å². The van der Waals surface area contributed by atoms with Gasteiger partial charge in [0, 0.05) is 17.9 Å². The smallest absolute Gasteiger partial charge is 0.191 e. The van der Waals surface area contributed by atoms with Crippen LogP contribution in [0.15, 0.2) is 17.8 Å². The summed E-state index contributed by atoms with van der Waals surface area (Å²) >= 11 is 1.62. The van der Waals surface area contributed by atoms with Gasteiger partial charge in [0.25, 0.3) is 0 Å². The molecule has 0 unspecified atom stereocenters. The number of nitrogens with zero attached hydrogens (tertiary/aromatic N) is 3. The Bertz CT molecular complexity index is 714. The molecule has 0 atom stereocenters. The molecule has 0 N–H and O–H groups in total. The molecule has 0 saturated heterocycles. The third-order valence-electron chi connectivity index (χ3n) is 7.99. The van der Waals surface area contributed by atoms with Crippen molar-refractivity contribution in [3.8, 4) is 0 Å². The molecule has 5 saturated carbocycles.